The first kappa shape index (κ1) is 9.55. The minimum Gasteiger partial charge on any atom is -0.494 e. The fraction of sp³-hybridized carbons (Fsp3) is 0.222. The highest BCUT2D eigenvalue weighted by Crippen LogP contribution is 2.21. The number of hydrogen-bond donors (Lipinski definition) is 1. The summed E-state index contributed by atoms with van der Waals surface area (Å²) in [6, 6.07) is 5.44. The zero-order valence-electron chi connectivity index (χ0n) is 6.75. The summed E-state index contributed by atoms with van der Waals surface area (Å²) in [5, 5.41) is 8.75. The predicted octanol–water partition coefficient (Wildman–Crippen LogP) is 2.73. The Morgan fingerprint density at radius 1 is 1.50 bits per heavy atom. The molecule has 1 N–H and O–H groups in total. The van der Waals surface area contributed by atoms with Gasteiger partial charge >= 0.3 is 0 Å². The lowest BCUT2D eigenvalue weighted by Gasteiger charge is -2.04. The molecule has 1 radical (unpaired) electrons. The van der Waals surface area contributed by atoms with E-state index in [-0.39, 0.29) is 0 Å². The maximum atomic E-state index is 8.75. The van der Waals surface area contributed by atoms with Gasteiger partial charge in [0.05, 0.1) is 6.61 Å². The summed E-state index contributed by atoms with van der Waals surface area (Å²) in [4.78, 5) is 0. The highest BCUT2D eigenvalue weighted by Gasteiger charge is 1.98. The van der Waals surface area contributed by atoms with E-state index in [0.29, 0.717) is 6.61 Å². The SMILES string of the molecule is CCOc1cc(Br)cc([CH]O)c1. The largest absolute Gasteiger partial charge is 0.494 e. The Morgan fingerprint density at radius 3 is 2.83 bits per heavy atom. The van der Waals surface area contributed by atoms with Gasteiger partial charge in [-0.2, -0.15) is 0 Å². The van der Waals surface area contributed by atoms with Crippen LogP contribution in [0.2, 0.25) is 0 Å². The Morgan fingerprint density at radius 2 is 2.25 bits per heavy atom. The third-order valence-electron chi connectivity index (χ3n) is 1.35. The minimum absolute atomic E-state index is 0.626. The number of hydrogen-bond acceptors (Lipinski definition) is 2. The van der Waals surface area contributed by atoms with Gasteiger partial charge < -0.3 is 9.84 Å². The van der Waals surface area contributed by atoms with Gasteiger partial charge in [-0.15, -0.1) is 0 Å². The van der Waals surface area contributed by atoms with Gasteiger partial charge in [-0.25, -0.2) is 0 Å². The number of aliphatic hydroxyl groups excluding tert-OH is 1. The van der Waals surface area contributed by atoms with Crippen molar-refractivity contribution in [3.63, 3.8) is 0 Å². The lowest BCUT2D eigenvalue weighted by atomic mass is 10.2. The van der Waals surface area contributed by atoms with Gasteiger partial charge in [0, 0.05) is 4.47 Å². The topological polar surface area (TPSA) is 29.5 Å². The molecule has 3 heteroatoms. The Labute approximate surface area is 80.3 Å². The molecule has 1 aromatic carbocycles. The van der Waals surface area contributed by atoms with E-state index in [1.165, 1.54) is 0 Å². The molecule has 0 fully saturated rings. The second-order valence-corrected chi connectivity index (χ2v) is 3.20. The van der Waals surface area contributed by atoms with E-state index >= 15 is 0 Å². The van der Waals surface area contributed by atoms with Crippen molar-refractivity contribution in [2.24, 2.45) is 0 Å². The van der Waals surface area contributed by atoms with Crippen LogP contribution in [0.15, 0.2) is 22.7 Å². The molecule has 0 aromatic heterocycles. The van der Waals surface area contributed by atoms with E-state index in [1.54, 1.807) is 6.07 Å². The molecule has 1 rings (SSSR count). The molecule has 0 spiro atoms. The number of aliphatic hydroxyl groups is 1. The third-order valence-corrected chi connectivity index (χ3v) is 1.81. The van der Waals surface area contributed by atoms with Crippen LogP contribution in [-0.2, 0) is 0 Å². The van der Waals surface area contributed by atoms with Gasteiger partial charge in [0.2, 0.25) is 0 Å². The quantitative estimate of drug-likeness (QED) is 0.864. The van der Waals surface area contributed by atoms with Crippen LogP contribution in [0.25, 0.3) is 0 Å². The average Bonchev–Trinajstić information content (AvgIpc) is 2.04. The number of ether oxygens (including phenoxy) is 1. The molecule has 0 atom stereocenters. The fourth-order valence-electron chi connectivity index (χ4n) is 0.909. The smallest absolute Gasteiger partial charge is 0.120 e. The van der Waals surface area contributed by atoms with Gasteiger partial charge in [0.1, 0.15) is 12.4 Å². The maximum Gasteiger partial charge on any atom is 0.120 e. The zero-order chi connectivity index (χ0) is 8.97. The Hall–Kier alpha value is -0.540. The van der Waals surface area contributed by atoms with Crippen molar-refractivity contribution >= 4 is 15.9 Å². The summed E-state index contributed by atoms with van der Waals surface area (Å²) in [5.74, 6) is 0.757. The van der Waals surface area contributed by atoms with Crippen molar-refractivity contribution in [1.82, 2.24) is 0 Å². The van der Waals surface area contributed by atoms with Gasteiger partial charge in [-0.05, 0) is 30.7 Å². The van der Waals surface area contributed by atoms with E-state index in [1.807, 2.05) is 19.1 Å². The van der Waals surface area contributed by atoms with Crippen LogP contribution in [0.4, 0.5) is 0 Å². The highest BCUT2D eigenvalue weighted by molar-refractivity contribution is 9.10. The van der Waals surface area contributed by atoms with Crippen LogP contribution in [-0.4, -0.2) is 11.7 Å². The number of benzene rings is 1. The predicted molar refractivity (Wildman–Crippen MR) is 50.6 cm³/mol. The molecule has 2 nitrogen and oxygen atoms in total. The van der Waals surface area contributed by atoms with E-state index in [4.69, 9.17) is 9.84 Å². The van der Waals surface area contributed by atoms with E-state index < -0.39 is 0 Å². The first-order valence-corrected chi connectivity index (χ1v) is 4.46. The van der Waals surface area contributed by atoms with Gasteiger partial charge in [-0.3, -0.25) is 0 Å². The van der Waals surface area contributed by atoms with E-state index in [9.17, 15) is 0 Å². The average molecular weight is 230 g/mol. The second kappa shape index (κ2) is 4.48. The minimum atomic E-state index is 0.626. The summed E-state index contributed by atoms with van der Waals surface area (Å²) >= 11 is 3.31. The summed E-state index contributed by atoms with van der Waals surface area (Å²) in [6.07, 6.45) is 0. The molecule has 0 bridgehead atoms. The molecule has 0 saturated carbocycles. The van der Waals surface area contributed by atoms with Crippen LogP contribution >= 0.6 is 15.9 Å². The Bertz CT molecular complexity index is 261. The lowest BCUT2D eigenvalue weighted by Crippen LogP contribution is -1.92. The molecule has 0 aliphatic heterocycles. The number of rotatable bonds is 3. The molecule has 65 valence electrons. The standard InChI is InChI=1S/C9H10BrO2/c1-2-12-9-4-7(6-11)3-8(10)5-9/h3-6,11H,2H2,1H3. The normalized spacial score (nSPS) is 9.92. The van der Waals surface area contributed by atoms with Crippen LogP contribution in [0.5, 0.6) is 5.75 Å². The fourth-order valence-corrected chi connectivity index (χ4v) is 1.40. The molecule has 0 aliphatic rings. The lowest BCUT2D eigenvalue weighted by molar-refractivity contribution is 0.339. The third kappa shape index (κ3) is 2.50. The van der Waals surface area contributed by atoms with Gasteiger partial charge in [0.15, 0.2) is 0 Å². The van der Waals surface area contributed by atoms with Crippen molar-refractivity contribution in [3.05, 3.63) is 34.8 Å². The molecule has 0 aliphatic carbocycles. The highest BCUT2D eigenvalue weighted by atomic mass is 79.9. The zero-order valence-corrected chi connectivity index (χ0v) is 8.34. The van der Waals surface area contributed by atoms with Crippen LogP contribution in [0.3, 0.4) is 0 Å². The number of halogens is 1. The van der Waals surface area contributed by atoms with Crippen molar-refractivity contribution in [1.29, 1.82) is 0 Å². The Kier molecular flexibility index (Phi) is 3.56. The Balaban J connectivity index is 2.90. The van der Waals surface area contributed by atoms with Crippen LogP contribution in [0, 0.1) is 6.61 Å². The summed E-state index contributed by atoms with van der Waals surface area (Å²) in [7, 11) is 0. The van der Waals surface area contributed by atoms with Crippen molar-refractivity contribution < 1.29 is 9.84 Å². The van der Waals surface area contributed by atoms with E-state index in [2.05, 4.69) is 15.9 Å². The molecule has 0 heterocycles. The molecular weight excluding hydrogens is 220 g/mol. The van der Waals surface area contributed by atoms with Crippen LogP contribution in [0.1, 0.15) is 12.5 Å². The van der Waals surface area contributed by atoms with Crippen molar-refractivity contribution in [3.8, 4) is 5.75 Å². The molecule has 1 aromatic rings. The summed E-state index contributed by atoms with van der Waals surface area (Å²) in [6.45, 7) is 3.60. The summed E-state index contributed by atoms with van der Waals surface area (Å²) < 4.78 is 6.17. The van der Waals surface area contributed by atoms with Crippen molar-refractivity contribution in [2.75, 3.05) is 6.61 Å². The molecule has 0 unspecified atom stereocenters. The van der Waals surface area contributed by atoms with Crippen LogP contribution < -0.4 is 4.74 Å². The summed E-state index contributed by atoms with van der Waals surface area (Å²) in [5.41, 5.74) is 0.729. The van der Waals surface area contributed by atoms with E-state index in [0.717, 1.165) is 22.4 Å². The molecule has 0 saturated heterocycles. The maximum absolute atomic E-state index is 8.75. The first-order valence-electron chi connectivity index (χ1n) is 3.67. The first-order chi connectivity index (χ1) is 5.76. The van der Waals surface area contributed by atoms with Crippen molar-refractivity contribution in [2.45, 2.75) is 6.92 Å². The molecular formula is C9H10BrO2. The van der Waals surface area contributed by atoms with Gasteiger partial charge in [-0.1, -0.05) is 15.9 Å². The second-order valence-electron chi connectivity index (χ2n) is 2.28. The van der Waals surface area contributed by atoms with Gasteiger partial charge in [0.25, 0.3) is 0 Å². The molecule has 12 heavy (non-hydrogen) atoms. The monoisotopic (exact) mass is 229 g/mol. The molecule has 0 amide bonds.